The SMILES string of the molecule is C#CCOc1cc(OC)ccc1C(C)O. The summed E-state index contributed by atoms with van der Waals surface area (Å²) in [6.07, 6.45) is 4.51. The predicted molar refractivity (Wildman–Crippen MR) is 58.0 cm³/mol. The lowest BCUT2D eigenvalue weighted by Gasteiger charge is -2.13. The molecule has 0 aliphatic rings. The highest BCUT2D eigenvalue weighted by Gasteiger charge is 2.10. The minimum atomic E-state index is -0.594. The second-order valence-corrected chi connectivity index (χ2v) is 3.07. The summed E-state index contributed by atoms with van der Waals surface area (Å²) in [5.74, 6) is 3.61. The maximum Gasteiger partial charge on any atom is 0.148 e. The van der Waals surface area contributed by atoms with Gasteiger partial charge < -0.3 is 14.6 Å². The summed E-state index contributed by atoms with van der Waals surface area (Å²) in [6, 6.07) is 5.24. The summed E-state index contributed by atoms with van der Waals surface area (Å²) in [6.45, 7) is 1.84. The fourth-order valence-corrected chi connectivity index (χ4v) is 1.23. The second-order valence-electron chi connectivity index (χ2n) is 3.07. The van der Waals surface area contributed by atoms with Crippen molar-refractivity contribution in [2.45, 2.75) is 13.0 Å². The first-order valence-electron chi connectivity index (χ1n) is 4.61. The van der Waals surface area contributed by atoms with E-state index < -0.39 is 6.10 Å². The summed E-state index contributed by atoms with van der Waals surface area (Å²) in [5, 5.41) is 9.49. The molecule has 15 heavy (non-hydrogen) atoms. The highest BCUT2D eigenvalue weighted by atomic mass is 16.5. The first-order chi connectivity index (χ1) is 7.19. The number of terminal acetylenes is 1. The number of aliphatic hydroxyl groups is 1. The van der Waals surface area contributed by atoms with E-state index in [2.05, 4.69) is 5.92 Å². The van der Waals surface area contributed by atoms with Crippen molar-refractivity contribution in [3.8, 4) is 23.8 Å². The van der Waals surface area contributed by atoms with Gasteiger partial charge in [0.1, 0.15) is 18.1 Å². The van der Waals surface area contributed by atoms with Crippen molar-refractivity contribution in [1.82, 2.24) is 0 Å². The summed E-state index contributed by atoms with van der Waals surface area (Å²) in [7, 11) is 1.57. The average Bonchev–Trinajstić information content (AvgIpc) is 2.25. The van der Waals surface area contributed by atoms with Gasteiger partial charge in [0, 0.05) is 11.6 Å². The summed E-state index contributed by atoms with van der Waals surface area (Å²) >= 11 is 0. The third-order valence-corrected chi connectivity index (χ3v) is 1.98. The Morgan fingerprint density at radius 3 is 2.80 bits per heavy atom. The molecule has 0 aliphatic heterocycles. The topological polar surface area (TPSA) is 38.7 Å². The van der Waals surface area contributed by atoms with Gasteiger partial charge in [-0.1, -0.05) is 5.92 Å². The highest BCUT2D eigenvalue weighted by Crippen LogP contribution is 2.29. The lowest BCUT2D eigenvalue weighted by atomic mass is 10.1. The van der Waals surface area contributed by atoms with Crippen molar-refractivity contribution in [2.75, 3.05) is 13.7 Å². The largest absolute Gasteiger partial charge is 0.497 e. The normalized spacial score (nSPS) is 11.6. The molecule has 3 heteroatoms. The van der Waals surface area contributed by atoms with Gasteiger partial charge in [0.2, 0.25) is 0 Å². The van der Waals surface area contributed by atoms with E-state index in [1.54, 1.807) is 32.2 Å². The molecule has 1 N–H and O–H groups in total. The van der Waals surface area contributed by atoms with E-state index >= 15 is 0 Å². The van der Waals surface area contributed by atoms with Crippen LogP contribution in [0.5, 0.6) is 11.5 Å². The Morgan fingerprint density at radius 1 is 1.53 bits per heavy atom. The van der Waals surface area contributed by atoms with Crippen molar-refractivity contribution in [2.24, 2.45) is 0 Å². The highest BCUT2D eigenvalue weighted by molar-refractivity contribution is 5.41. The molecule has 1 rings (SSSR count). The fourth-order valence-electron chi connectivity index (χ4n) is 1.23. The first-order valence-corrected chi connectivity index (χ1v) is 4.61. The van der Waals surface area contributed by atoms with Gasteiger partial charge in [-0.3, -0.25) is 0 Å². The van der Waals surface area contributed by atoms with Crippen LogP contribution in [0.25, 0.3) is 0 Å². The summed E-state index contributed by atoms with van der Waals surface area (Å²) in [5.41, 5.74) is 0.700. The van der Waals surface area contributed by atoms with Gasteiger partial charge in [-0.25, -0.2) is 0 Å². The van der Waals surface area contributed by atoms with Crippen LogP contribution in [-0.2, 0) is 0 Å². The second kappa shape index (κ2) is 5.28. The van der Waals surface area contributed by atoms with Crippen molar-refractivity contribution in [3.63, 3.8) is 0 Å². The van der Waals surface area contributed by atoms with Gasteiger partial charge in [-0.05, 0) is 19.1 Å². The van der Waals surface area contributed by atoms with E-state index in [0.717, 1.165) is 0 Å². The monoisotopic (exact) mass is 206 g/mol. The number of methoxy groups -OCH3 is 1. The maximum atomic E-state index is 9.49. The van der Waals surface area contributed by atoms with Gasteiger partial charge >= 0.3 is 0 Å². The number of aliphatic hydroxyl groups excluding tert-OH is 1. The number of hydrogen-bond donors (Lipinski definition) is 1. The molecular formula is C12H14O3. The average molecular weight is 206 g/mol. The van der Waals surface area contributed by atoms with Crippen LogP contribution < -0.4 is 9.47 Å². The number of ether oxygens (including phenoxy) is 2. The molecule has 80 valence electrons. The molecule has 0 aromatic heterocycles. The molecule has 0 heterocycles. The van der Waals surface area contributed by atoms with Crippen LogP contribution >= 0.6 is 0 Å². The Morgan fingerprint density at radius 2 is 2.27 bits per heavy atom. The standard InChI is InChI=1S/C12H14O3/c1-4-7-15-12-8-10(14-3)5-6-11(12)9(2)13/h1,5-6,8-9,13H,7H2,2-3H3. The van der Waals surface area contributed by atoms with Crippen LogP contribution in [0.1, 0.15) is 18.6 Å². The van der Waals surface area contributed by atoms with Gasteiger partial charge in [-0.15, -0.1) is 6.42 Å². The molecule has 0 radical (unpaired) electrons. The van der Waals surface area contributed by atoms with E-state index in [9.17, 15) is 5.11 Å². The molecule has 0 saturated heterocycles. The van der Waals surface area contributed by atoms with Crippen LogP contribution in [0.4, 0.5) is 0 Å². The maximum absolute atomic E-state index is 9.49. The lowest BCUT2D eigenvalue weighted by molar-refractivity contribution is 0.193. The van der Waals surface area contributed by atoms with Gasteiger partial charge in [0.05, 0.1) is 13.2 Å². The van der Waals surface area contributed by atoms with E-state index in [0.29, 0.717) is 17.1 Å². The van der Waals surface area contributed by atoms with Crippen molar-refractivity contribution in [3.05, 3.63) is 23.8 Å². The molecule has 3 nitrogen and oxygen atoms in total. The Hall–Kier alpha value is -1.66. The van der Waals surface area contributed by atoms with Gasteiger partial charge in [0.25, 0.3) is 0 Å². The van der Waals surface area contributed by atoms with E-state index in [4.69, 9.17) is 15.9 Å². The first kappa shape index (κ1) is 11.4. The minimum absolute atomic E-state index is 0.173. The Kier molecular flexibility index (Phi) is 4.02. The third kappa shape index (κ3) is 2.90. The smallest absolute Gasteiger partial charge is 0.148 e. The third-order valence-electron chi connectivity index (χ3n) is 1.98. The molecule has 0 spiro atoms. The Labute approximate surface area is 89.6 Å². The van der Waals surface area contributed by atoms with Crippen LogP contribution in [0.2, 0.25) is 0 Å². The quantitative estimate of drug-likeness (QED) is 0.763. The molecule has 0 aliphatic carbocycles. The van der Waals surface area contributed by atoms with Crippen molar-refractivity contribution in [1.29, 1.82) is 0 Å². The summed E-state index contributed by atoms with van der Waals surface area (Å²) in [4.78, 5) is 0. The van der Waals surface area contributed by atoms with E-state index in [1.165, 1.54) is 0 Å². The van der Waals surface area contributed by atoms with E-state index in [1.807, 2.05) is 0 Å². The van der Waals surface area contributed by atoms with Crippen LogP contribution in [0, 0.1) is 12.3 Å². The molecule has 1 atom stereocenters. The molecule has 0 bridgehead atoms. The number of benzene rings is 1. The molecule has 0 amide bonds. The van der Waals surface area contributed by atoms with Gasteiger partial charge in [-0.2, -0.15) is 0 Å². The van der Waals surface area contributed by atoms with Crippen LogP contribution in [0.3, 0.4) is 0 Å². The zero-order valence-corrected chi connectivity index (χ0v) is 8.86. The Balaban J connectivity index is 3.00. The molecule has 0 saturated carbocycles. The number of hydrogen-bond acceptors (Lipinski definition) is 3. The molecule has 1 aromatic carbocycles. The zero-order chi connectivity index (χ0) is 11.3. The molecular weight excluding hydrogens is 192 g/mol. The van der Waals surface area contributed by atoms with Crippen molar-refractivity contribution >= 4 is 0 Å². The van der Waals surface area contributed by atoms with Crippen LogP contribution in [-0.4, -0.2) is 18.8 Å². The molecule has 0 fully saturated rings. The van der Waals surface area contributed by atoms with Crippen molar-refractivity contribution < 1.29 is 14.6 Å². The fraction of sp³-hybridized carbons (Fsp3) is 0.333. The molecule has 1 unspecified atom stereocenters. The molecule has 1 aromatic rings. The van der Waals surface area contributed by atoms with E-state index in [-0.39, 0.29) is 6.61 Å². The Bertz CT molecular complexity index is 364. The van der Waals surface area contributed by atoms with Crippen LogP contribution in [0.15, 0.2) is 18.2 Å². The minimum Gasteiger partial charge on any atom is -0.497 e. The zero-order valence-electron chi connectivity index (χ0n) is 8.86. The lowest BCUT2D eigenvalue weighted by Crippen LogP contribution is -2.01. The number of rotatable bonds is 4. The summed E-state index contributed by atoms with van der Waals surface area (Å²) < 4.78 is 10.4. The predicted octanol–water partition coefficient (Wildman–Crippen LogP) is 1.76. The van der Waals surface area contributed by atoms with Gasteiger partial charge in [0.15, 0.2) is 0 Å².